The van der Waals surface area contributed by atoms with E-state index in [0.29, 0.717) is 23.8 Å². The number of phenolic OH excluding ortho intramolecular Hbond substituents is 2. The molecule has 1 aromatic heterocycles. The van der Waals surface area contributed by atoms with Gasteiger partial charge < -0.3 is 15.2 Å². The minimum atomic E-state index is -0.00288. The molecule has 2 aromatic carbocycles. The normalized spacial score (nSPS) is 11.9. The highest BCUT2D eigenvalue weighted by Gasteiger charge is 2.17. The van der Waals surface area contributed by atoms with Gasteiger partial charge in [0.15, 0.2) is 6.29 Å². The third-order valence-corrected chi connectivity index (χ3v) is 4.89. The number of aldehydes is 1. The number of H-pyrrole nitrogens is 1. The second-order valence-corrected chi connectivity index (χ2v) is 7.23. The lowest BCUT2D eigenvalue weighted by Gasteiger charge is -2.08. The lowest BCUT2D eigenvalue weighted by atomic mass is 9.99. The average molecular weight is 363 g/mol. The fourth-order valence-electron chi connectivity index (χ4n) is 3.38. The van der Waals surface area contributed by atoms with Gasteiger partial charge in [-0.2, -0.15) is 0 Å². The van der Waals surface area contributed by atoms with Crippen molar-refractivity contribution in [2.75, 3.05) is 0 Å². The van der Waals surface area contributed by atoms with Crippen LogP contribution >= 0.6 is 0 Å². The standard InChI is InChI=1S/C23H25NO3/c1-14(2)6-4-7-15(3)10-11-18-21-19(12-16(13-25)23(18)27)17-8-5-9-20(26)22(17)24-21/h5-6,8-10,12-13,24,26-27H,4,7,11H2,1-3H3. The zero-order valence-electron chi connectivity index (χ0n) is 16.0. The Morgan fingerprint density at radius 1 is 1.07 bits per heavy atom. The van der Waals surface area contributed by atoms with Crippen molar-refractivity contribution in [3.63, 3.8) is 0 Å². The lowest BCUT2D eigenvalue weighted by molar-refractivity contribution is 0.112. The monoisotopic (exact) mass is 363 g/mol. The maximum atomic E-state index is 11.4. The summed E-state index contributed by atoms with van der Waals surface area (Å²) in [6.07, 6.45) is 7.42. The Hall–Kier alpha value is -3.01. The van der Waals surface area contributed by atoms with E-state index in [9.17, 15) is 15.0 Å². The van der Waals surface area contributed by atoms with Gasteiger partial charge in [-0.25, -0.2) is 0 Å². The number of carbonyl (C=O) groups is 1. The average Bonchev–Trinajstić information content (AvgIpc) is 3.00. The summed E-state index contributed by atoms with van der Waals surface area (Å²) in [5.74, 6) is 0.145. The third kappa shape index (κ3) is 3.75. The van der Waals surface area contributed by atoms with E-state index in [1.165, 1.54) is 11.1 Å². The molecular formula is C23H25NO3. The molecule has 0 fully saturated rings. The molecule has 4 heteroatoms. The molecule has 0 saturated carbocycles. The second-order valence-electron chi connectivity index (χ2n) is 7.23. The Morgan fingerprint density at radius 3 is 2.56 bits per heavy atom. The molecule has 0 aliphatic rings. The number of nitrogens with one attached hydrogen (secondary N) is 1. The van der Waals surface area contributed by atoms with E-state index in [1.807, 2.05) is 6.07 Å². The summed E-state index contributed by atoms with van der Waals surface area (Å²) >= 11 is 0. The largest absolute Gasteiger partial charge is 0.507 e. The van der Waals surface area contributed by atoms with E-state index in [-0.39, 0.29) is 17.1 Å². The number of aromatic nitrogens is 1. The third-order valence-electron chi connectivity index (χ3n) is 4.89. The molecule has 0 atom stereocenters. The highest BCUT2D eigenvalue weighted by Crippen LogP contribution is 2.37. The molecular weight excluding hydrogens is 338 g/mol. The number of para-hydroxylation sites is 1. The summed E-state index contributed by atoms with van der Waals surface area (Å²) in [4.78, 5) is 14.7. The number of carbonyl (C=O) groups excluding carboxylic acids is 1. The van der Waals surface area contributed by atoms with Crippen molar-refractivity contribution in [3.8, 4) is 11.5 Å². The van der Waals surface area contributed by atoms with Gasteiger partial charge in [0.1, 0.15) is 11.5 Å². The second kappa shape index (κ2) is 7.70. The van der Waals surface area contributed by atoms with Crippen LogP contribution in [0.3, 0.4) is 0 Å². The predicted molar refractivity (Wildman–Crippen MR) is 111 cm³/mol. The molecule has 0 aliphatic carbocycles. The summed E-state index contributed by atoms with van der Waals surface area (Å²) in [6, 6.07) is 6.95. The van der Waals surface area contributed by atoms with Crippen LogP contribution in [0.5, 0.6) is 11.5 Å². The number of benzene rings is 2. The zero-order chi connectivity index (χ0) is 19.6. The molecule has 0 amide bonds. The van der Waals surface area contributed by atoms with Gasteiger partial charge in [0, 0.05) is 16.3 Å². The molecule has 140 valence electrons. The molecule has 0 saturated heterocycles. The maximum absolute atomic E-state index is 11.4. The molecule has 27 heavy (non-hydrogen) atoms. The fraction of sp³-hybridized carbons (Fsp3) is 0.261. The van der Waals surface area contributed by atoms with Gasteiger partial charge in [0.2, 0.25) is 0 Å². The minimum Gasteiger partial charge on any atom is -0.507 e. The fourth-order valence-corrected chi connectivity index (χ4v) is 3.38. The Balaban J connectivity index is 2.07. The number of phenols is 2. The smallest absolute Gasteiger partial charge is 0.153 e. The summed E-state index contributed by atoms with van der Waals surface area (Å²) in [5, 5.41) is 22.4. The lowest BCUT2D eigenvalue weighted by Crippen LogP contribution is -1.92. The number of hydrogen-bond donors (Lipinski definition) is 3. The Morgan fingerprint density at radius 2 is 1.85 bits per heavy atom. The van der Waals surface area contributed by atoms with Crippen molar-refractivity contribution in [2.45, 2.75) is 40.0 Å². The number of allylic oxidation sites excluding steroid dienone is 4. The van der Waals surface area contributed by atoms with Gasteiger partial charge in [-0.15, -0.1) is 0 Å². The van der Waals surface area contributed by atoms with Crippen molar-refractivity contribution in [1.82, 2.24) is 4.98 Å². The van der Waals surface area contributed by atoms with Crippen molar-refractivity contribution in [3.05, 3.63) is 58.7 Å². The van der Waals surface area contributed by atoms with Gasteiger partial charge in [-0.05, 0) is 52.2 Å². The number of aromatic amines is 1. The van der Waals surface area contributed by atoms with Gasteiger partial charge in [-0.3, -0.25) is 4.79 Å². The SMILES string of the molecule is CC(C)=CCCC(C)=CCc1c(O)c(C=O)cc2c1[nH]c1c(O)cccc12. The zero-order valence-corrected chi connectivity index (χ0v) is 16.0. The number of hydrogen-bond acceptors (Lipinski definition) is 3. The van der Waals surface area contributed by atoms with Gasteiger partial charge in [0.25, 0.3) is 0 Å². The van der Waals surface area contributed by atoms with Gasteiger partial charge in [-0.1, -0.05) is 35.4 Å². The molecule has 3 aromatic rings. The first-order valence-corrected chi connectivity index (χ1v) is 9.14. The topological polar surface area (TPSA) is 73.3 Å². The number of rotatable bonds is 6. The van der Waals surface area contributed by atoms with Crippen LogP contribution in [0.2, 0.25) is 0 Å². The highest BCUT2D eigenvalue weighted by molar-refractivity contribution is 6.12. The Kier molecular flexibility index (Phi) is 5.36. The maximum Gasteiger partial charge on any atom is 0.153 e. The quantitative estimate of drug-likeness (QED) is 0.384. The van der Waals surface area contributed by atoms with Crippen LogP contribution in [-0.2, 0) is 6.42 Å². The Labute approximate surface area is 158 Å². The molecule has 3 N–H and O–H groups in total. The van der Waals surface area contributed by atoms with Crippen molar-refractivity contribution >= 4 is 28.1 Å². The molecule has 0 bridgehead atoms. The van der Waals surface area contributed by atoms with E-state index >= 15 is 0 Å². The Bertz CT molecular complexity index is 1070. The molecule has 3 rings (SSSR count). The molecule has 0 aliphatic heterocycles. The molecule has 4 nitrogen and oxygen atoms in total. The predicted octanol–water partition coefficient (Wildman–Crippen LogP) is 5.78. The summed E-state index contributed by atoms with van der Waals surface area (Å²) < 4.78 is 0. The first-order chi connectivity index (χ1) is 12.9. The molecule has 0 spiro atoms. The van der Waals surface area contributed by atoms with E-state index in [0.717, 1.165) is 29.1 Å². The molecule has 1 heterocycles. The number of fused-ring (bicyclic) bond motifs is 3. The van der Waals surface area contributed by atoms with Crippen molar-refractivity contribution < 1.29 is 15.0 Å². The summed E-state index contributed by atoms with van der Waals surface area (Å²) in [7, 11) is 0. The molecule has 0 unspecified atom stereocenters. The van der Waals surface area contributed by atoms with Gasteiger partial charge in [0.05, 0.1) is 16.6 Å². The van der Waals surface area contributed by atoms with Crippen LogP contribution in [0.4, 0.5) is 0 Å². The van der Waals surface area contributed by atoms with Crippen LogP contribution in [0.25, 0.3) is 21.8 Å². The van der Waals surface area contributed by atoms with Crippen LogP contribution in [0, 0.1) is 0 Å². The van der Waals surface area contributed by atoms with E-state index < -0.39 is 0 Å². The molecule has 0 radical (unpaired) electrons. The summed E-state index contributed by atoms with van der Waals surface area (Å²) in [5.41, 5.74) is 4.83. The van der Waals surface area contributed by atoms with Crippen LogP contribution in [-0.4, -0.2) is 21.5 Å². The van der Waals surface area contributed by atoms with Crippen LogP contribution in [0.1, 0.15) is 49.5 Å². The van der Waals surface area contributed by atoms with Crippen molar-refractivity contribution in [1.29, 1.82) is 0 Å². The summed E-state index contributed by atoms with van der Waals surface area (Å²) in [6.45, 7) is 6.25. The van der Waals surface area contributed by atoms with Crippen LogP contribution in [0.15, 0.2) is 47.6 Å². The van der Waals surface area contributed by atoms with E-state index in [2.05, 4.69) is 37.9 Å². The minimum absolute atomic E-state index is 0.00288. The number of aromatic hydroxyl groups is 2. The first-order valence-electron chi connectivity index (χ1n) is 9.14. The van der Waals surface area contributed by atoms with Crippen molar-refractivity contribution in [2.24, 2.45) is 0 Å². The highest BCUT2D eigenvalue weighted by atomic mass is 16.3. The van der Waals surface area contributed by atoms with Gasteiger partial charge >= 0.3 is 0 Å². The first kappa shape index (κ1) is 18.8. The van der Waals surface area contributed by atoms with Crippen LogP contribution < -0.4 is 0 Å². The van der Waals surface area contributed by atoms with E-state index in [1.54, 1.807) is 18.2 Å². The van der Waals surface area contributed by atoms with E-state index in [4.69, 9.17) is 0 Å².